The van der Waals surface area contributed by atoms with Crippen LogP contribution in [0.2, 0.25) is 0 Å². The average molecular weight is 142 g/mol. The molecule has 0 aromatic carbocycles. The molecule has 1 aliphatic rings. The third-order valence-corrected chi connectivity index (χ3v) is 1.83. The van der Waals surface area contributed by atoms with Crippen molar-refractivity contribution >= 4 is 12.3 Å². The van der Waals surface area contributed by atoms with Crippen molar-refractivity contribution in [2.24, 2.45) is 11.8 Å². The summed E-state index contributed by atoms with van der Waals surface area (Å²) in [6, 6.07) is 0. The molecule has 10 heavy (non-hydrogen) atoms. The molecule has 56 valence electrons. The lowest BCUT2D eigenvalue weighted by Crippen LogP contribution is -2.04. The number of methoxy groups -OCH3 is 1. The second-order valence-electron chi connectivity index (χ2n) is 2.53. The van der Waals surface area contributed by atoms with E-state index in [0.717, 1.165) is 12.7 Å². The Kier molecular flexibility index (Phi) is 2.04. The number of aldehydes is 1. The van der Waals surface area contributed by atoms with Crippen LogP contribution in [0, 0.1) is 11.8 Å². The first kappa shape index (κ1) is 7.25. The summed E-state index contributed by atoms with van der Waals surface area (Å²) in [6.45, 7) is 0. The molecule has 0 N–H and O–H groups in total. The number of carbonyl (C=O) groups is 2. The van der Waals surface area contributed by atoms with Crippen LogP contribution >= 0.6 is 0 Å². The highest BCUT2D eigenvalue weighted by Crippen LogP contribution is 2.41. The van der Waals surface area contributed by atoms with Gasteiger partial charge in [0, 0.05) is 6.42 Å². The van der Waals surface area contributed by atoms with Crippen LogP contribution in [0.15, 0.2) is 0 Å². The van der Waals surface area contributed by atoms with Gasteiger partial charge in [-0.05, 0) is 12.3 Å². The summed E-state index contributed by atoms with van der Waals surface area (Å²) in [4.78, 5) is 20.7. The Labute approximate surface area is 59.4 Å². The Bertz CT molecular complexity index is 153. The van der Waals surface area contributed by atoms with E-state index in [9.17, 15) is 9.59 Å². The average Bonchev–Trinajstić information content (AvgIpc) is 2.67. The summed E-state index contributed by atoms with van der Waals surface area (Å²) in [5, 5.41) is 0. The zero-order valence-electron chi connectivity index (χ0n) is 5.87. The molecule has 0 saturated heterocycles. The van der Waals surface area contributed by atoms with Gasteiger partial charge in [0.2, 0.25) is 0 Å². The van der Waals surface area contributed by atoms with Crippen molar-refractivity contribution in [3.05, 3.63) is 0 Å². The molecule has 0 aliphatic heterocycles. The van der Waals surface area contributed by atoms with E-state index >= 15 is 0 Å². The lowest BCUT2D eigenvalue weighted by atomic mass is 10.2. The molecule has 1 aliphatic carbocycles. The summed E-state index contributed by atoms with van der Waals surface area (Å²) < 4.78 is 4.50. The second kappa shape index (κ2) is 2.82. The van der Waals surface area contributed by atoms with Crippen molar-refractivity contribution in [1.29, 1.82) is 0 Å². The molecule has 0 aromatic rings. The van der Waals surface area contributed by atoms with Crippen molar-refractivity contribution in [3.8, 4) is 0 Å². The highest BCUT2D eigenvalue weighted by molar-refractivity contribution is 5.76. The Hall–Kier alpha value is -0.860. The Morgan fingerprint density at radius 1 is 1.80 bits per heavy atom. The number of esters is 1. The van der Waals surface area contributed by atoms with E-state index in [1.165, 1.54) is 7.11 Å². The second-order valence-corrected chi connectivity index (χ2v) is 2.53. The summed E-state index contributed by atoms with van der Waals surface area (Å²) >= 11 is 0. The van der Waals surface area contributed by atoms with Crippen molar-refractivity contribution in [1.82, 2.24) is 0 Å². The Morgan fingerprint density at radius 3 is 3.00 bits per heavy atom. The lowest BCUT2D eigenvalue weighted by Gasteiger charge is -1.93. The van der Waals surface area contributed by atoms with Gasteiger partial charge in [0.25, 0.3) is 0 Å². The number of rotatable bonds is 3. The molecule has 0 unspecified atom stereocenters. The number of hydrogen-bond donors (Lipinski definition) is 0. The molecular weight excluding hydrogens is 132 g/mol. The maximum absolute atomic E-state index is 10.7. The molecule has 0 aromatic heterocycles. The minimum atomic E-state index is -0.174. The van der Waals surface area contributed by atoms with Crippen molar-refractivity contribution in [3.63, 3.8) is 0 Å². The summed E-state index contributed by atoms with van der Waals surface area (Å²) in [6.07, 6.45) is 2.18. The maximum atomic E-state index is 10.7. The molecule has 1 saturated carbocycles. The predicted molar refractivity (Wildman–Crippen MR) is 34.3 cm³/mol. The first-order chi connectivity index (χ1) is 4.79. The normalized spacial score (nSPS) is 29.3. The Morgan fingerprint density at radius 2 is 2.50 bits per heavy atom. The van der Waals surface area contributed by atoms with Crippen LogP contribution < -0.4 is 0 Å². The van der Waals surface area contributed by atoms with E-state index in [0.29, 0.717) is 6.42 Å². The van der Waals surface area contributed by atoms with E-state index in [1.54, 1.807) is 0 Å². The molecule has 0 bridgehead atoms. The fourth-order valence-electron chi connectivity index (χ4n) is 1.07. The van der Waals surface area contributed by atoms with E-state index in [1.807, 2.05) is 0 Å². The van der Waals surface area contributed by atoms with Gasteiger partial charge >= 0.3 is 5.97 Å². The van der Waals surface area contributed by atoms with Gasteiger partial charge in [-0.1, -0.05) is 0 Å². The quantitative estimate of drug-likeness (QED) is 0.422. The minimum absolute atomic E-state index is 0.00944. The highest BCUT2D eigenvalue weighted by atomic mass is 16.5. The van der Waals surface area contributed by atoms with E-state index in [2.05, 4.69) is 4.74 Å². The van der Waals surface area contributed by atoms with Gasteiger partial charge in [-0.25, -0.2) is 0 Å². The van der Waals surface area contributed by atoms with Gasteiger partial charge in [0.15, 0.2) is 0 Å². The monoisotopic (exact) mass is 142 g/mol. The van der Waals surface area contributed by atoms with Crippen LogP contribution in [-0.2, 0) is 14.3 Å². The first-order valence-electron chi connectivity index (χ1n) is 3.31. The smallest absolute Gasteiger partial charge is 0.308 e. The maximum Gasteiger partial charge on any atom is 0.308 e. The summed E-state index contributed by atoms with van der Waals surface area (Å²) in [7, 11) is 1.37. The highest BCUT2D eigenvalue weighted by Gasteiger charge is 2.43. The van der Waals surface area contributed by atoms with Crippen LogP contribution in [0.5, 0.6) is 0 Å². The standard InChI is InChI=1S/C7H10O3/c1-10-7(9)6-4-5(6)2-3-8/h3,5-6H,2,4H2,1H3/t5-,6-/m1/s1. The fraction of sp³-hybridized carbons (Fsp3) is 0.714. The van der Waals surface area contributed by atoms with Crippen molar-refractivity contribution in [2.45, 2.75) is 12.8 Å². The van der Waals surface area contributed by atoms with Gasteiger partial charge in [0.05, 0.1) is 13.0 Å². The number of hydrogen-bond acceptors (Lipinski definition) is 3. The molecule has 0 amide bonds. The van der Waals surface area contributed by atoms with Crippen LogP contribution in [0.25, 0.3) is 0 Å². The van der Waals surface area contributed by atoms with Gasteiger partial charge in [-0.2, -0.15) is 0 Å². The molecule has 0 radical (unpaired) electrons. The van der Waals surface area contributed by atoms with Crippen LogP contribution in [0.4, 0.5) is 0 Å². The van der Waals surface area contributed by atoms with Gasteiger partial charge in [-0.15, -0.1) is 0 Å². The third kappa shape index (κ3) is 1.35. The van der Waals surface area contributed by atoms with Crippen LogP contribution in [0.1, 0.15) is 12.8 Å². The summed E-state index contributed by atoms with van der Waals surface area (Å²) in [5.41, 5.74) is 0. The molecule has 3 heteroatoms. The zero-order chi connectivity index (χ0) is 7.56. The van der Waals surface area contributed by atoms with Crippen molar-refractivity contribution in [2.75, 3.05) is 7.11 Å². The molecule has 1 rings (SSSR count). The molecule has 0 spiro atoms. The topological polar surface area (TPSA) is 43.4 Å². The molecule has 1 fully saturated rings. The molecule has 3 nitrogen and oxygen atoms in total. The number of carbonyl (C=O) groups excluding carboxylic acids is 2. The SMILES string of the molecule is COC(=O)[C@@H]1C[C@H]1CC=O. The van der Waals surface area contributed by atoms with Crippen molar-refractivity contribution < 1.29 is 14.3 Å². The van der Waals surface area contributed by atoms with Gasteiger partial charge in [-0.3, -0.25) is 4.79 Å². The molecule has 0 heterocycles. The van der Waals surface area contributed by atoms with Crippen LogP contribution in [-0.4, -0.2) is 19.4 Å². The third-order valence-electron chi connectivity index (χ3n) is 1.83. The molecule has 2 atom stereocenters. The van der Waals surface area contributed by atoms with E-state index in [-0.39, 0.29) is 17.8 Å². The van der Waals surface area contributed by atoms with Crippen LogP contribution in [0.3, 0.4) is 0 Å². The van der Waals surface area contributed by atoms with Gasteiger partial charge in [0.1, 0.15) is 6.29 Å². The van der Waals surface area contributed by atoms with E-state index < -0.39 is 0 Å². The zero-order valence-corrected chi connectivity index (χ0v) is 5.87. The molecular formula is C7H10O3. The van der Waals surface area contributed by atoms with Gasteiger partial charge < -0.3 is 9.53 Å². The minimum Gasteiger partial charge on any atom is -0.469 e. The fourth-order valence-corrected chi connectivity index (χ4v) is 1.07. The lowest BCUT2D eigenvalue weighted by molar-refractivity contribution is -0.142. The largest absolute Gasteiger partial charge is 0.469 e. The van der Waals surface area contributed by atoms with E-state index in [4.69, 9.17) is 0 Å². The first-order valence-corrected chi connectivity index (χ1v) is 3.31. The summed E-state index contributed by atoms with van der Waals surface area (Å²) in [5.74, 6) is 0.104. The number of ether oxygens (including phenoxy) is 1. The Balaban J connectivity index is 2.24. The predicted octanol–water partition coefficient (Wildman–Crippen LogP) is 0.384.